The van der Waals surface area contributed by atoms with Crippen LogP contribution < -0.4 is 0 Å². The Labute approximate surface area is 64.7 Å². The number of aromatic nitrogens is 2. The zero-order chi connectivity index (χ0) is 7.54. The van der Waals surface area contributed by atoms with Crippen molar-refractivity contribution in [2.75, 3.05) is 0 Å². The van der Waals surface area contributed by atoms with Gasteiger partial charge in [-0.15, -0.1) is 0 Å². The van der Waals surface area contributed by atoms with Gasteiger partial charge in [-0.2, -0.15) is 5.10 Å². The Morgan fingerprint density at radius 3 is 1.70 bits per heavy atom. The molecule has 0 saturated carbocycles. The Bertz CT molecular complexity index is 63.7. The molecule has 0 aliphatic rings. The number of nitrogens with zero attached hydrogens (tertiary/aromatic N) is 1. The fourth-order valence-corrected chi connectivity index (χ4v) is 0.215. The van der Waals surface area contributed by atoms with Crippen molar-refractivity contribution < 1.29 is 0 Å². The van der Waals surface area contributed by atoms with Gasteiger partial charge in [0.1, 0.15) is 0 Å². The third kappa shape index (κ3) is 15.7. The van der Waals surface area contributed by atoms with Crippen LogP contribution in [-0.2, 0) is 0 Å². The zero-order valence-corrected chi connectivity index (χ0v) is 6.68. The minimum atomic E-state index is 0. The Hall–Kier alpha value is -0.790. The van der Waals surface area contributed by atoms with Gasteiger partial charge in [0.15, 0.2) is 0 Å². The average molecular weight is 144 g/mol. The van der Waals surface area contributed by atoms with Gasteiger partial charge in [-0.3, -0.25) is 5.10 Å². The summed E-state index contributed by atoms with van der Waals surface area (Å²) in [5, 5.41) is 6.21. The molecule has 1 aromatic heterocycles. The quantitative estimate of drug-likeness (QED) is 0.595. The molecular weight excluding hydrogens is 124 g/mol. The molecule has 0 spiro atoms. The fourth-order valence-electron chi connectivity index (χ4n) is 0.215. The van der Waals surface area contributed by atoms with Crippen molar-refractivity contribution in [2.45, 2.75) is 35.1 Å². The first-order valence-corrected chi connectivity index (χ1v) is 3.44. The second-order valence-corrected chi connectivity index (χ2v) is 0.766. The van der Waals surface area contributed by atoms with Crippen molar-refractivity contribution in [3.8, 4) is 0 Å². The molecular formula is C8H20N2. The Morgan fingerprint density at radius 1 is 1.10 bits per heavy atom. The van der Waals surface area contributed by atoms with Crippen LogP contribution in [0.5, 0.6) is 0 Å². The highest BCUT2D eigenvalue weighted by atomic mass is 15.1. The van der Waals surface area contributed by atoms with Gasteiger partial charge in [-0.25, -0.2) is 0 Å². The normalized spacial score (nSPS) is 5.20. The first-order valence-electron chi connectivity index (χ1n) is 3.44. The average Bonchev–Trinajstić information content (AvgIpc) is 2.51. The first-order chi connectivity index (χ1) is 4.50. The van der Waals surface area contributed by atoms with Crippen molar-refractivity contribution >= 4 is 0 Å². The second kappa shape index (κ2) is 24.1. The molecule has 0 aliphatic heterocycles. The molecule has 1 N–H and O–H groups in total. The third-order valence-corrected chi connectivity index (χ3v) is 0.406. The minimum absolute atomic E-state index is 0. The van der Waals surface area contributed by atoms with E-state index in [0.29, 0.717) is 0 Å². The highest BCUT2D eigenvalue weighted by molar-refractivity contribution is 4.72. The van der Waals surface area contributed by atoms with Crippen molar-refractivity contribution in [1.29, 1.82) is 0 Å². The summed E-state index contributed by atoms with van der Waals surface area (Å²) in [5.41, 5.74) is 0. The predicted octanol–water partition coefficient (Wildman–Crippen LogP) is 3.10. The number of nitrogens with one attached hydrogen (secondary N) is 1. The van der Waals surface area contributed by atoms with Gasteiger partial charge in [0.25, 0.3) is 0 Å². The summed E-state index contributed by atoms with van der Waals surface area (Å²) in [6.07, 6.45) is 3.46. The SMILES string of the molecule is C.CC.CC.c1cn[nH]c1. The lowest BCUT2D eigenvalue weighted by molar-refractivity contribution is 1.09. The van der Waals surface area contributed by atoms with Crippen molar-refractivity contribution in [1.82, 2.24) is 10.2 Å². The molecule has 0 bridgehead atoms. The largest absolute Gasteiger partial charge is 0.286 e. The highest BCUT2D eigenvalue weighted by Crippen LogP contribution is 1.64. The molecule has 10 heavy (non-hydrogen) atoms. The van der Waals surface area contributed by atoms with Crippen molar-refractivity contribution in [3.05, 3.63) is 18.5 Å². The summed E-state index contributed by atoms with van der Waals surface area (Å²) in [6.45, 7) is 8.00. The number of hydrogen-bond acceptors (Lipinski definition) is 1. The molecule has 1 heterocycles. The second-order valence-electron chi connectivity index (χ2n) is 0.766. The van der Waals surface area contributed by atoms with E-state index in [1.54, 1.807) is 12.4 Å². The van der Waals surface area contributed by atoms with E-state index >= 15 is 0 Å². The molecule has 1 rings (SSSR count). The molecule has 2 nitrogen and oxygen atoms in total. The van der Waals surface area contributed by atoms with Gasteiger partial charge in [0, 0.05) is 12.4 Å². The molecule has 62 valence electrons. The van der Waals surface area contributed by atoms with Gasteiger partial charge in [-0.05, 0) is 6.07 Å². The Balaban J connectivity index is -0.0000000875. The standard InChI is InChI=1S/C3H4N2.2C2H6.CH4/c1-2-4-5-3-1;2*1-2;/h1-3H,(H,4,5);2*1-2H3;1H4. The lowest BCUT2D eigenvalue weighted by atomic mass is 10.8. The molecule has 0 atom stereocenters. The van der Waals surface area contributed by atoms with Crippen LogP contribution in [0.25, 0.3) is 0 Å². The van der Waals surface area contributed by atoms with E-state index in [2.05, 4.69) is 10.2 Å². The maximum absolute atomic E-state index is 3.60. The fraction of sp³-hybridized carbons (Fsp3) is 0.625. The highest BCUT2D eigenvalue weighted by Gasteiger charge is 1.56. The molecule has 0 saturated heterocycles. The van der Waals surface area contributed by atoms with E-state index in [1.807, 2.05) is 33.8 Å². The maximum Gasteiger partial charge on any atom is 0.0487 e. The molecule has 1 aromatic rings. The molecule has 0 unspecified atom stereocenters. The van der Waals surface area contributed by atoms with Crippen molar-refractivity contribution in [3.63, 3.8) is 0 Å². The Kier molecular flexibility index (Phi) is 38.8. The number of rotatable bonds is 0. The number of hydrogen-bond donors (Lipinski definition) is 1. The third-order valence-electron chi connectivity index (χ3n) is 0.406. The van der Waals surface area contributed by atoms with Gasteiger partial charge in [0.05, 0.1) is 0 Å². The molecule has 0 aliphatic carbocycles. The predicted molar refractivity (Wildman–Crippen MR) is 48.0 cm³/mol. The summed E-state index contributed by atoms with van der Waals surface area (Å²) >= 11 is 0. The summed E-state index contributed by atoms with van der Waals surface area (Å²) in [5.74, 6) is 0. The summed E-state index contributed by atoms with van der Waals surface area (Å²) in [4.78, 5) is 0. The van der Waals surface area contributed by atoms with Gasteiger partial charge >= 0.3 is 0 Å². The number of aromatic amines is 1. The van der Waals surface area contributed by atoms with E-state index in [4.69, 9.17) is 0 Å². The number of H-pyrrole nitrogens is 1. The van der Waals surface area contributed by atoms with Crippen LogP contribution in [0.1, 0.15) is 35.1 Å². The lowest BCUT2D eigenvalue weighted by Gasteiger charge is -1.49. The van der Waals surface area contributed by atoms with E-state index in [0.717, 1.165) is 0 Å². The monoisotopic (exact) mass is 144 g/mol. The van der Waals surface area contributed by atoms with Crippen LogP contribution in [0.4, 0.5) is 0 Å². The minimum Gasteiger partial charge on any atom is -0.286 e. The first kappa shape index (κ1) is 16.1. The summed E-state index contributed by atoms with van der Waals surface area (Å²) in [6, 6.07) is 1.83. The van der Waals surface area contributed by atoms with Crippen LogP contribution in [0.15, 0.2) is 18.5 Å². The van der Waals surface area contributed by atoms with Crippen LogP contribution >= 0.6 is 0 Å². The van der Waals surface area contributed by atoms with Crippen LogP contribution in [0.2, 0.25) is 0 Å². The summed E-state index contributed by atoms with van der Waals surface area (Å²) < 4.78 is 0. The molecule has 0 aromatic carbocycles. The van der Waals surface area contributed by atoms with E-state index in [-0.39, 0.29) is 7.43 Å². The van der Waals surface area contributed by atoms with Gasteiger partial charge in [0.2, 0.25) is 0 Å². The van der Waals surface area contributed by atoms with Crippen LogP contribution in [0, 0.1) is 0 Å². The maximum atomic E-state index is 3.60. The molecule has 0 fully saturated rings. The molecule has 0 amide bonds. The van der Waals surface area contributed by atoms with Crippen LogP contribution in [-0.4, -0.2) is 10.2 Å². The molecule has 0 radical (unpaired) electrons. The van der Waals surface area contributed by atoms with Crippen LogP contribution in [0.3, 0.4) is 0 Å². The van der Waals surface area contributed by atoms with Crippen molar-refractivity contribution in [2.24, 2.45) is 0 Å². The van der Waals surface area contributed by atoms with E-state index in [9.17, 15) is 0 Å². The summed E-state index contributed by atoms with van der Waals surface area (Å²) in [7, 11) is 0. The van der Waals surface area contributed by atoms with E-state index < -0.39 is 0 Å². The van der Waals surface area contributed by atoms with E-state index in [1.165, 1.54) is 0 Å². The van der Waals surface area contributed by atoms with Gasteiger partial charge < -0.3 is 0 Å². The zero-order valence-electron chi connectivity index (χ0n) is 6.68. The Morgan fingerprint density at radius 2 is 1.60 bits per heavy atom. The topological polar surface area (TPSA) is 28.7 Å². The smallest absolute Gasteiger partial charge is 0.0487 e. The lowest BCUT2D eigenvalue weighted by Crippen LogP contribution is -1.53. The molecule has 2 heteroatoms. The van der Waals surface area contributed by atoms with Gasteiger partial charge in [-0.1, -0.05) is 35.1 Å².